The lowest BCUT2D eigenvalue weighted by atomic mass is 10.0. The number of ether oxygens (including phenoxy) is 1. The molecule has 0 spiro atoms. The van der Waals surface area contributed by atoms with E-state index in [0.29, 0.717) is 11.6 Å². The third kappa shape index (κ3) is 4.33. The van der Waals surface area contributed by atoms with Crippen LogP contribution in [0.25, 0.3) is 0 Å². The first kappa shape index (κ1) is 19.3. The van der Waals surface area contributed by atoms with Gasteiger partial charge in [0.2, 0.25) is 0 Å². The summed E-state index contributed by atoms with van der Waals surface area (Å²) >= 11 is 6.38. The molecule has 0 aliphatic carbocycles. The Morgan fingerprint density at radius 1 is 1.18 bits per heavy atom. The minimum atomic E-state index is -0.204. The Kier molecular flexibility index (Phi) is 6.17. The number of hydrogen-bond donors (Lipinski definition) is 1. The van der Waals surface area contributed by atoms with Crippen LogP contribution in [0.5, 0.6) is 0 Å². The minimum Gasteiger partial charge on any atom is -0.382 e. The first-order valence-corrected chi connectivity index (χ1v) is 10.5. The van der Waals surface area contributed by atoms with Gasteiger partial charge in [-0.15, -0.1) is 0 Å². The summed E-state index contributed by atoms with van der Waals surface area (Å²) in [4.78, 5) is 15.1. The Labute approximate surface area is 170 Å². The molecule has 0 saturated carbocycles. The number of benzene rings is 1. The molecule has 2 saturated heterocycles. The molecule has 1 aromatic carbocycles. The second-order valence-corrected chi connectivity index (χ2v) is 8.02. The normalized spacial score (nSPS) is 20.9. The van der Waals surface area contributed by atoms with E-state index < -0.39 is 0 Å². The molecule has 0 bridgehead atoms. The number of anilines is 2. The van der Waals surface area contributed by atoms with Crippen LogP contribution in [0.1, 0.15) is 31.7 Å². The van der Waals surface area contributed by atoms with Crippen LogP contribution in [-0.4, -0.2) is 42.6 Å². The number of rotatable bonds is 5. The van der Waals surface area contributed by atoms with E-state index in [1.165, 1.54) is 5.69 Å². The van der Waals surface area contributed by atoms with E-state index in [9.17, 15) is 4.79 Å². The van der Waals surface area contributed by atoms with Crippen molar-refractivity contribution in [3.63, 3.8) is 0 Å². The van der Waals surface area contributed by atoms with Crippen LogP contribution in [0.3, 0.4) is 0 Å². The number of nitrogens with zero attached hydrogens (tertiary/aromatic N) is 3. The fourth-order valence-electron chi connectivity index (χ4n) is 4.06. The third-order valence-corrected chi connectivity index (χ3v) is 6.08. The fraction of sp³-hybridized carbons (Fsp3) is 0.524. The van der Waals surface area contributed by atoms with Gasteiger partial charge in [0.05, 0.1) is 24.5 Å². The molecule has 6 nitrogen and oxygen atoms in total. The van der Waals surface area contributed by atoms with E-state index in [1.807, 2.05) is 6.07 Å². The maximum absolute atomic E-state index is 12.8. The van der Waals surface area contributed by atoms with Gasteiger partial charge in [-0.25, -0.2) is 4.68 Å². The number of hydrogen-bond acceptors (Lipinski definition) is 5. The van der Waals surface area contributed by atoms with Gasteiger partial charge in [0, 0.05) is 31.9 Å². The molecule has 1 N–H and O–H groups in total. The summed E-state index contributed by atoms with van der Waals surface area (Å²) in [5.41, 5.74) is 1.64. The Morgan fingerprint density at radius 3 is 2.68 bits per heavy atom. The van der Waals surface area contributed by atoms with Crippen LogP contribution in [0, 0.1) is 5.92 Å². The fourth-order valence-corrected chi connectivity index (χ4v) is 4.26. The minimum absolute atomic E-state index is 0.0887. The molecule has 3 heterocycles. The first-order chi connectivity index (χ1) is 13.7. The summed E-state index contributed by atoms with van der Waals surface area (Å²) < 4.78 is 7.07. The number of piperidine rings is 1. The maximum atomic E-state index is 12.8. The van der Waals surface area contributed by atoms with E-state index in [1.54, 1.807) is 10.9 Å². The predicted molar refractivity (Wildman–Crippen MR) is 112 cm³/mol. The van der Waals surface area contributed by atoms with Crippen molar-refractivity contribution in [1.29, 1.82) is 0 Å². The molecule has 7 heteroatoms. The molecule has 1 atom stereocenters. The SMILES string of the molecule is O=c1c(Cl)c(NCC2CCCOC2)cnn1C1CCN(c2ccccc2)CC1. The van der Waals surface area contributed by atoms with E-state index in [-0.39, 0.29) is 16.6 Å². The van der Waals surface area contributed by atoms with Crippen molar-refractivity contribution in [3.8, 4) is 0 Å². The lowest BCUT2D eigenvalue weighted by Gasteiger charge is -2.33. The third-order valence-electron chi connectivity index (χ3n) is 5.71. The molecule has 2 aliphatic rings. The second-order valence-electron chi connectivity index (χ2n) is 7.64. The molecular weight excluding hydrogens is 376 g/mol. The monoisotopic (exact) mass is 402 g/mol. The Morgan fingerprint density at radius 2 is 1.96 bits per heavy atom. The van der Waals surface area contributed by atoms with Crippen LogP contribution in [-0.2, 0) is 4.74 Å². The van der Waals surface area contributed by atoms with Gasteiger partial charge in [-0.05, 0) is 43.7 Å². The number of para-hydroxylation sites is 1. The first-order valence-electron chi connectivity index (χ1n) is 10.1. The summed E-state index contributed by atoms with van der Waals surface area (Å²) in [6.45, 7) is 4.16. The highest BCUT2D eigenvalue weighted by Crippen LogP contribution is 2.26. The molecule has 2 fully saturated rings. The molecule has 0 radical (unpaired) electrons. The van der Waals surface area contributed by atoms with Gasteiger partial charge in [-0.3, -0.25) is 4.79 Å². The number of halogens is 1. The smallest absolute Gasteiger partial charge is 0.287 e. The largest absolute Gasteiger partial charge is 0.382 e. The van der Waals surface area contributed by atoms with Crippen molar-refractivity contribution in [2.75, 3.05) is 43.1 Å². The molecule has 150 valence electrons. The average Bonchev–Trinajstić information content (AvgIpc) is 2.76. The van der Waals surface area contributed by atoms with Gasteiger partial charge in [0.15, 0.2) is 0 Å². The molecule has 28 heavy (non-hydrogen) atoms. The summed E-state index contributed by atoms with van der Waals surface area (Å²) in [5, 5.41) is 7.95. The molecule has 4 rings (SSSR count). The van der Waals surface area contributed by atoms with Crippen molar-refractivity contribution in [2.45, 2.75) is 31.7 Å². The lowest BCUT2D eigenvalue weighted by molar-refractivity contribution is 0.0595. The van der Waals surface area contributed by atoms with Gasteiger partial charge in [0.25, 0.3) is 5.56 Å². The highest BCUT2D eigenvalue weighted by molar-refractivity contribution is 6.32. The van der Waals surface area contributed by atoms with Crippen LogP contribution >= 0.6 is 11.6 Å². The van der Waals surface area contributed by atoms with Crippen LogP contribution in [0.4, 0.5) is 11.4 Å². The lowest BCUT2D eigenvalue weighted by Crippen LogP contribution is -2.38. The van der Waals surface area contributed by atoms with Crippen LogP contribution < -0.4 is 15.8 Å². The zero-order valence-corrected chi connectivity index (χ0v) is 16.8. The summed E-state index contributed by atoms with van der Waals surface area (Å²) in [7, 11) is 0. The van der Waals surface area contributed by atoms with E-state index >= 15 is 0 Å². The second kappa shape index (κ2) is 8.97. The van der Waals surface area contributed by atoms with Crippen LogP contribution in [0.2, 0.25) is 5.02 Å². The van der Waals surface area contributed by atoms with Crippen molar-refractivity contribution in [3.05, 3.63) is 51.9 Å². The van der Waals surface area contributed by atoms with Gasteiger partial charge < -0.3 is 15.0 Å². The highest BCUT2D eigenvalue weighted by Gasteiger charge is 2.24. The van der Waals surface area contributed by atoms with Crippen molar-refractivity contribution >= 4 is 23.0 Å². The molecule has 0 amide bonds. The molecular formula is C21H27ClN4O2. The summed E-state index contributed by atoms with van der Waals surface area (Å²) in [6.07, 6.45) is 5.67. The summed E-state index contributed by atoms with van der Waals surface area (Å²) in [5.74, 6) is 0.453. The zero-order chi connectivity index (χ0) is 19.3. The van der Waals surface area contributed by atoms with Crippen molar-refractivity contribution < 1.29 is 4.74 Å². The maximum Gasteiger partial charge on any atom is 0.287 e. The zero-order valence-electron chi connectivity index (χ0n) is 16.0. The van der Waals surface area contributed by atoms with Crippen molar-refractivity contribution in [2.24, 2.45) is 5.92 Å². The number of aromatic nitrogens is 2. The average molecular weight is 403 g/mol. The predicted octanol–water partition coefficient (Wildman–Crippen LogP) is 3.58. The highest BCUT2D eigenvalue weighted by atomic mass is 35.5. The van der Waals surface area contributed by atoms with Crippen LogP contribution in [0.15, 0.2) is 41.3 Å². The van der Waals surface area contributed by atoms with Gasteiger partial charge in [-0.1, -0.05) is 29.8 Å². The Hall–Kier alpha value is -2.05. The molecule has 1 aromatic heterocycles. The summed E-state index contributed by atoms with van der Waals surface area (Å²) in [6, 6.07) is 10.5. The molecule has 1 unspecified atom stereocenters. The topological polar surface area (TPSA) is 59.4 Å². The Bertz CT molecular complexity index is 828. The van der Waals surface area contributed by atoms with E-state index in [4.69, 9.17) is 16.3 Å². The van der Waals surface area contributed by atoms with Gasteiger partial charge in [-0.2, -0.15) is 5.10 Å². The Balaban J connectivity index is 1.39. The standard InChI is InChI=1S/C21H27ClN4O2/c22-20-19(23-13-16-5-4-12-28-15-16)14-24-26(21(20)27)18-8-10-25(11-9-18)17-6-2-1-3-7-17/h1-3,6-7,14,16,18,23H,4-5,8-13,15H2. The number of nitrogens with one attached hydrogen (secondary N) is 1. The molecule has 2 aromatic rings. The van der Waals surface area contributed by atoms with Gasteiger partial charge >= 0.3 is 0 Å². The quantitative estimate of drug-likeness (QED) is 0.828. The molecule has 2 aliphatic heterocycles. The van der Waals surface area contributed by atoms with E-state index in [0.717, 1.165) is 58.5 Å². The van der Waals surface area contributed by atoms with E-state index in [2.05, 4.69) is 39.6 Å². The van der Waals surface area contributed by atoms with Crippen molar-refractivity contribution in [1.82, 2.24) is 9.78 Å². The van der Waals surface area contributed by atoms with Gasteiger partial charge in [0.1, 0.15) is 5.02 Å².